The van der Waals surface area contributed by atoms with Crippen LogP contribution in [0.15, 0.2) is 42.6 Å². The third kappa shape index (κ3) is 2.16. The van der Waals surface area contributed by atoms with E-state index in [2.05, 4.69) is 5.10 Å². The van der Waals surface area contributed by atoms with Gasteiger partial charge in [-0.05, 0) is 11.6 Å². The molecule has 4 nitrogen and oxygen atoms in total. The van der Waals surface area contributed by atoms with Crippen molar-refractivity contribution in [3.05, 3.63) is 48.2 Å². The van der Waals surface area contributed by atoms with E-state index in [1.54, 1.807) is 16.9 Å². The molecule has 0 bridgehead atoms. The molecular formula is C11H13N3O. The highest BCUT2D eigenvalue weighted by Gasteiger charge is 2.09. The summed E-state index contributed by atoms with van der Waals surface area (Å²) in [6, 6.07) is 11.2. The number of nitrogens with zero attached hydrogens (tertiary/aromatic N) is 2. The average Bonchev–Trinajstić information content (AvgIpc) is 2.66. The lowest BCUT2D eigenvalue weighted by Crippen LogP contribution is -2.11. The zero-order chi connectivity index (χ0) is 10.7. The molecule has 2 rings (SSSR count). The Morgan fingerprint density at radius 1 is 1.27 bits per heavy atom. The Morgan fingerprint density at radius 3 is 2.60 bits per heavy atom. The highest BCUT2D eigenvalue weighted by Crippen LogP contribution is 2.15. The Kier molecular flexibility index (Phi) is 2.69. The Labute approximate surface area is 88.0 Å². The number of aliphatic hydroxyl groups is 1. The molecule has 78 valence electrons. The number of benzene rings is 1. The molecule has 0 aliphatic heterocycles. The van der Waals surface area contributed by atoms with E-state index in [9.17, 15) is 5.11 Å². The van der Waals surface area contributed by atoms with Crippen LogP contribution >= 0.6 is 0 Å². The van der Waals surface area contributed by atoms with Gasteiger partial charge in [-0.25, -0.2) is 4.68 Å². The number of aromatic nitrogens is 2. The molecule has 1 aromatic carbocycles. The smallest absolute Gasteiger partial charge is 0.121 e. The maximum absolute atomic E-state index is 9.90. The van der Waals surface area contributed by atoms with Crippen LogP contribution in [0.5, 0.6) is 0 Å². The van der Waals surface area contributed by atoms with E-state index in [0.717, 1.165) is 5.56 Å². The normalized spacial score (nSPS) is 12.6. The van der Waals surface area contributed by atoms with Crippen molar-refractivity contribution in [1.29, 1.82) is 0 Å². The molecule has 15 heavy (non-hydrogen) atoms. The van der Waals surface area contributed by atoms with Gasteiger partial charge in [-0.1, -0.05) is 30.3 Å². The van der Waals surface area contributed by atoms with E-state index in [1.807, 2.05) is 30.3 Å². The molecule has 0 saturated carbocycles. The SMILES string of the molecule is Nc1ccnn1CC(O)c1ccccc1. The summed E-state index contributed by atoms with van der Waals surface area (Å²) >= 11 is 0. The van der Waals surface area contributed by atoms with Crippen LogP contribution in [0.3, 0.4) is 0 Å². The minimum Gasteiger partial charge on any atom is -0.386 e. The first kappa shape index (κ1) is 9.73. The Morgan fingerprint density at radius 2 is 2.00 bits per heavy atom. The summed E-state index contributed by atoms with van der Waals surface area (Å²) in [5.74, 6) is 0.560. The van der Waals surface area contributed by atoms with E-state index in [1.165, 1.54) is 0 Å². The Bertz CT molecular complexity index is 424. The lowest BCUT2D eigenvalue weighted by molar-refractivity contribution is 0.152. The highest BCUT2D eigenvalue weighted by atomic mass is 16.3. The van der Waals surface area contributed by atoms with Crippen LogP contribution in [-0.2, 0) is 6.54 Å². The zero-order valence-corrected chi connectivity index (χ0v) is 8.24. The van der Waals surface area contributed by atoms with E-state index in [-0.39, 0.29) is 0 Å². The summed E-state index contributed by atoms with van der Waals surface area (Å²) < 4.78 is 1.58. The van der Waals surface area contributed by atoms with Gasteiger partial charge in [-0.3, -0.25) is 0 Å². The molecule has 0 saturated heterocycles. The van der Waals surface area contributed by atoms with Gasteiger partial charge in [0.1, 0.15) is 5.82 Å². The predicted molar refractivity (Wildman–Crippen MR) is 58.0 cm³/mol. The third-order valence-electron chi connectivity index (χ3n) is 2.28. The van der Waals surface area contributed by atoms with Crippen LogP contribution in [0.1, 0.15) is 11.7 Å². The van der Waals surface area contributed by atoms with Crippen LogP contribution in [-0.4, -0.2) is 14.9 Å². The van der Waals surface area contributed by atoms with Gasteiger partial charge in [0.05, 0.1) is 18.8 Å². The number of rotatable bonds is 3. The van der Waals surface area contributed by atoms with Gasteiger partial charge >= 0.3 is 0 Å². The topological polar surface area (TPSA) is 64.1 Å². The first-order chi connectivity index (χ1) is 7.27. The third-order valence-corrected chi connectivity index (χ3v) is 2.28. The molecule has 1 atom stereocenters. The zero-order valence-electron chi connectivity index (χ0n) is 8.24. The summed E-state index contributed by atoms with van der Waals surface area (Å²) in [6.07, 6.45) is 1.04. The lowest BCUT2D eigenvalue weighted by Gasteiger charge is -2.11. The molecule has 1 heterocycles. The quantitative estimate of drug-likeness (QED) is 0.787. The molecule has 0 fully saturated rings. The fraction of sp³-hybridized carbons (Fsp3) is 0.182. The summed E-state index contributed by atoms with van der Waals surface area (Å²) in [7, 11) is 0. The van der Waals surface area contributed by atoms with Gasteiger partial charge in [-0.15, -0.1) is 0 Å². The van der Waals surface area contributed by atoms with Gasteiger partial charge in [-0.2, -0.15) is 5.10 Å². The second-order valence-corrected chi connectivity index (χ2v) is 3.36. The molecular weight excluding hydrogens is 190 g/mol. The van der Waals surface area contributed by atoms with Crippen molar-refractivity contribution in [3.8, 4) is 0 Å². The van der Waals surface area contributed by atoms with Crippen molar-refractivity contribution in [1.82, 2.24) is 9.78 Å². The highest BCUT2D eigenvalue weighted by molar-refractivity contribution is 5.26. The van der Waals surface area contributed by atoms with Gasteiger partial charge in [0.2, 0.25) is 0 Å². The average molecular weight is 203 g/mol. The Balaban J connectivity index is 2.11. The molecule has 3 N–H and O–H groups in total. The Hall–Kier alpha value is -1.81. The van der Waals surface area contributed by atoms with Crippen LogP contribution in [0.4, 0.5) is 5.82 Å². The van der Waals surface area contributed by atoms with Gasteiger partial charge in [0, 0.05) is 0 Å². The van der Waals surface area contributed by atoms with Crippen molar-refractivity contribution in [2.75, 3.05) is 5.73 Å². The molecule has 0 aliphatic rings. The molecule has 1 unspecified atom stereocenters. The number of aliphatic hydroxyl groups excluding tert-OH is 1. The fourth-order valence-electron chi connectivity index (χ4n) is 1.44. The summed E-state index contributed by atoms with van der Waals surface area (Å²) in [4.78, 5) is 0. The number of nitrogen functional groups attached to an aromatic ring is 1. The maximum atomic E-state index is 9.90. The molecule has 0 aliphatic carbocycles. The van der Waals surface area contributed by atoms with Crippen molar-refractivity contribution < 1.29 is 5.11 Å². The van der Waals surface area contributed by atoms with Crippen LogP contribution in [0.25, 0.3) is 0 Å². The first-order valence-corrected chi connectivity index (χ1v) is 4.77. The summed E-state index contributed by atoms with van der Waals surface area (Å²) in [6.45, 7) is 0.378. The number of nitrogens with two attached hydrogens (primary N) is 1. The molecule has 4 heteroatoms. The van der Waals surface area contributed by atoms with Gasteiger partial charge in [0.25, 0.3) is 0 Å². The van der Waals surface area contributed by atoms with E-state index < -0.39 is 6.10 Å². The summed E-state index contributed by atoms with van der Waals surface area (Å²) in [5, 5.41) is 13.9. The minimum absolute atomic E-state index is 0.378. The fourth-order valence-corrected chi connectivity index (χ4v) is 1.44. The standard InChI is InChI=1S/C11H13N3O/c12-11-6-7-13-14(11)8-10(15)9-4-2-1-3-5-9/h1-7,10,15H,8,12H2. The van der Waals surface area contributed by atoms with Gasteiger partial charge in [0.15, 0.2) is 0 Å². The summed E-state index contributed by atoms with van der Waals surface area (Å²) in [5.41, 5.74) is 6.52. The molecule has 0 spiro atoms. The predicted octanol–water partition coefficient (Wildman–Crippen LogP) is 1.20. The van der Waals surface area contributed by atoms with Gasteiger partial charge < -0.3 is 10.8 Å². The van der Waals surface area contributed by atoms with Crippen LogP contribution < -0.4 is 5.73 Å². The second-order valence-electron chi connectivity index (χ2n) is 3.36. The second kappa shape index (κ2) is 4.14. The van der Waals surface area contributed by atoms with Crippen LogP contribution in [0, 0.1) is 0 Å². The van der Waals surface area contributed by atoms with E-state index in [0.29, 0.717) is 12.4 Å². The molecule has 2 aromatic rings. The largest absolute Gasteiger partial charge is 0.386 e. The number of hydrogen-bond donors (Lipinski definition) is 2. The maximum Gasteiger partial charge on any atom is 0.121 e. The van der Waals surface area contributed by atoms with Crippen molar-refractivity contribution >= 4 is 5.82 Å². The lowest BCUT2D eigenvalue weighted by atomic mass is 10.1. The number of hydrogen-bond acceptors (Lipinski definition) is 3. The van der Waals surface area contributed by atoms with Crippen molar-refractivity contribution in [2.24, 2.45) is 0 Å². The number of anilines is 1. The first-order valence-electron chi connectivity index (χ1n) is 4.77. The minimum atomic E-state index is -0.576. The monoisotopic (exact) mass is 203 g/mol. The molecule has 0 amide bonds. The van der Waals surface area contributed by atoms with E-state index in [4.69, 9.17) is 5.73 Å². The van der Waals surface area contributed by atoms with Crippen molar-refractivity contribution in [3.63, 3.8) is 0 Å². The van der Waals surface area contributed by atoms with Crippen molar-refractivity contribution in [2.45, 2.75) is 12.6 Å². The van der Waals surface area contributed by atoms with E-state index >= 15 is 0 Å². The molecule has 0 radical (unpaired) electrons. The molecule has 1 aromatic heterocycles. The van der Waals surface area contributed by atoms with Crippen LogP contribution in [0.2, 0.25) is 0 Å².